The van der Waals surface area contributed by atoms with Crippen molar-refractivity contribution in [3.8, 4) is 0 Å². The van der Waals surface area contributed by atoms with Gasteiger partial charge < -0.3 is 9.31 Å². The molecule has 1 aromatic carbocycles. The summed E-state index contributed by atoms with van der Waals surface area (Å²) in [6.07, 6.45) is 0. The van der Waals surface area contributed by atoms with Crippen LogP contribution in [0.5, 0.6) is 0 Å². The molecular weight excluding hydrogens is 242 g/mol. The van der Waals surface area contributed by atoms with E-state index in [2.05, 4.69) is 65.3 Å². The molecule has 0 aromatic heterocycles. The summed E-state index contributed by atoms with van der Waals surface area (Å²) in [5, 5.41) is 1.39. The van der Waals surface area contributed by atoms with Crippen LogP contribution in [-0.2, 0) is 9.31 Å². The Morgan fingerprint density at radius 3 is 2.06 bits per heavy atom. The second-order valence-electron chi connectivity index (χ2n) is 6.08. The lowest BCUT2D eigenvalue weighted by atomic mass is 9.79. The maximum atomic E-state index is 6.07. The van der Waals surface area contributed by atoms with Gasteiger partial charge in [0, 0.05) is 0 Å². The second-order valence-corrected chi connectivity index (χ2v) is 8.38. The lowest BCUT2D eigenvalue weighted by Gasteiger charge is -2.32. The molecule has 1 heterocycles. The van der Waals surface area contributed by atoms with E-state index in [1.54, 1.807) is 0 Å². The van der Waals surface area contributed by atoms with Gasteiger partial charge in [-0.15, -0.1) is 0 Å². The highest BCUT2D eigenvalue weighted by molar-refractivity contribution is 7.64. The van der Waals surface area contributed by atoms with Crippen molar-refractivity contribution >= 4 is 25.8 Å². The van der Waals surface area contributed by atoms with E-state index >= 15 is 0 Å². The highest BCUT2D eigenvalue weighted by Gasteiger charge is 2.51. The standard InChI is InChI=1S/C14H22BO2P/c1-13(2)14(3,4)17-15(16-13)11-8-7-9-12(10-11)18(5)6/h7-10H,1-6H3. The molecule has 2 rings (SSSR count). The summed E-state index contributed by atoms with van der Waals surface area (Å²) in [6.45, 7) is 12.9. The molecular formula is C14H22BO2P. The van der Waals surface area contributed by atoms with Gasteiger partial charge in [-0.25, -0.2) is 0 Å². The van der Waals surface area contributed by atoms with Crippen LogP contribution in [-0.4, -0.2) is 31.7 Å². The van der Waals surface area contributed by atoms with E-state index in [0.717, 1.165) is 5.46 Å². The average molecular weight is 264 g/mol. The molecule has 2 nitrogen and oxygen atoms in total. The van der Waals surface area contributed by atoms with Gasteiger partial charge in [0.15, 0.2) is 0 Å². The minimum absolute atomic E-state index is 0.0849. The summed E-state index contributed by atoms with van der Waals surface area (Å²) < 4.78 is 12.1. The summed E-state index contributed by atoms with van der Waals surface area (Å²) >= 11 is 0. The molecule has 98 valence electrons. The quantitative estimate of drug-likeness (QED) is 0.603. The largest absolute Gasteiger partial charge is 0.494 e. The summed E-state index contributed by atoms with van der Waals surface area (Å²) in [6, 6.07) is 8.58. The van der Waals surface area contributed by atoms with Crippen LogP contribution in [0.2, 0.25) is 0 Å². The van der Waals surface area contributed by atoms with Crippen LogP contribution < -0.4 is 10.8 Å². The molecule has 4 heteroatoms. The molecule has 0 atom stereocenters. The lowest BCUT2D eigenvalue weighted by Crippen LogP contribution is -2.41. The van der Waals surface area contributed by atoms with Crippen molar-refractivity contribution in [3.05, 3.63) is 24.3 Å². The Morgan fingerprint density at radius 2 is 1.56 bits per heavy atom. The molecule has 0 amide bonds. The van der Waals surface area contributed by atoms with E-state index < -0.39 is 0 Å². The predicted molar refractivity (Wildman–Crippen MR) is 80.6 cm³/mol. The highest BCUT2D eigenvalue weighted by Crippen LogP contribution is 2.36. The molecule has 1 fully saturated rings. The molecule has 1 saturated heterocycles. The minimum atomic E-state index is -0.267. The van der Waals surface area contributed by atoms with Gasteiger partial charge in [-0.2, -0.15) is 0 Å². The van der Waals surface area contributed by atoms with E-state index in [-0.39, 0.29) is 26.2 Å². The Morgan fingerprint density at radius 1 is 1.00 bits per heavy atom. The highest BCUT2D eigenvalue weighted by atomic mass is 31.1. The second kappa shape index (κ2) is 4.63. The first-order valence-corrected chi connectivity index (χ1v) is 8.59. The molecule has 1 aromatic rings. The van der Waals surface area contributed by atoms with Gasteiger partial charge in [-0.1, -0.05) is 32.2 Å². The van der Waals surface area contributed by atoms with Crippen LogP contribution in [0.15, 0.2) is 24.3 Å². The molecule has 0 aliphatic carbocycles. The summed E-state index contributed by atoms with van der Waals surface area (Å²) in [5.41, 5.74) is 0.593. The molecule has 1 aliphatic rings. The number of benzene rings is 1. The molecule has 0 spiro atoms. The molecule has 18 heavy (non-hydrogen) atoms. The zero-order valence-electron chi connectivity index (χ0n) is 12.2. The van der Waals surface area contributed by atoms with Crippen molar-refractivity contribution in [2.75, 3.05) is 13.3 Å². The third-order valence-corrected chi connectivity index (χ3v) is 5.22. The van der Waals surface area contributed by atoms with Crippen molar-refractivity contribution in [3.63, 3.8) is 0 Å². The van der Waals surface area contributed by atoms with Crippen molar-refractivity contribution in [2.45, 2.75) is 38.9 Å². The minimum Gasteiger partial charge on any atom is -0.399 e. The van der Waals surface area contributed by atoms with Crippen molar-refractivity contribution in [1.82, 2.24) is 0 Å². The van der Waals surface area contributed by atoms with Crippen LogP contribution in [0.3, 0.4) is 0 Å². The molecule has 1 aliphatic heterocycles. The Balaban J connectivity index is 2.27. The molecule has 0 bridgehead atoms. The number of hydrogen-bond acceptors (Lipinski definition) is 2. The van der Waals surface area contributed by atoms with Crippen LogP contribution >= 0.6 is 7.92 Å². The predicted octanol–water partition coefficient (Wildman–Crippen LogP) is 2.35. The molecule has 0 saturated carbocycles. The Bertz CT molecular complexity index is 427. The van der Waals surface area contributed by atoms with Gasteiger partial charge in [0.25, 0.3) is 0 Å². The van der Waals surface area contributed by atoms with E-state index in [1.807, 2.05) is 0 Å². The van der Waals surface area contributed by atoms with Gasteiger partial charge in [-0.3, -0.25) is 0 Å². The fourth-order valence-electron chi connectivity index (χ4n) is 1.93. The van der Waals surface area contributed by atoms with Crippen LogP contribution in [0.1, 0.15) is 27.7 Å². The van der Waals surface area contributed by atoms with Crippen molar-refractivity contribution in [2.24, 2.45) is 0 Å². The Kier molecular flexibility index (Phi) is 3.61. The average Bonchev–Trinajstić information content (AvgIpc) is 2.48. The topological polar surface area (TPSA) is 18.5 Å². The number of rotatable bonds is 2. The lowest BCUT2D eigenvalue weighted by molar-refractivity contribution is 0.00578. The summed E-state index contributed by atoms with van der Waals surface area (Å²) in [7, 11) is -0.330. The summed E-state index contributed by atoms with van der Waals surface area (Å²) in [5.74, 6) is 0. The third kappa shape index (κ3) is 2.50. The van der Waals surface area contributed by atoms with Crippen molar-refractivity contribution in [1.29, 1.82) is 0 Å². The Labute approximate surface area is 112 Å². The van der Waals surface area contributed by atoms with Gasteiger partial charge in [0.1, 0.15) is 0 Å². The van der Waals surface area contributed by atoms with Gasteiger partial charge >= 0.3 is 7.12 Å². The van der Waals surface area contributed by atoms with Gasteiger partial charge in [0.05, 0.1) is 11.2 Å². The fraction of sp³-hybridized carbons (Fsp3) is 0.571. The maximum Gasteiger partial charge on any atom is 0.494 e. The smallest absolute Gasteiger partial charge is 0.399 e. The Hall–Kier alpha value is -0.365. The van der Waals surface area contributed by atoms with E-state index in [1.165, 1.54) is 5.30 Å². The maximum absolute atomic E-state index is 6.07. The monoisotopic (exact) mass is 264 g/mol. The van der Waals surface area contributed by atoms with Crippen molar-refractivity contribution < 1.29 is 9.31 Å². The zero-order valence-corrected chi connectivity index (χ0v) is 13.0. The molecule has 0 N–H and O–H groups in total. The normalized spacial score (nSPS) is 21.6. The van der Waals surface area contributed by atoms with Crippen LogP contribution in [0, 0.1) is 0 Å². The first kappa shape index (κ1) is 14.1. The molecule has 0 unspecified atom stereocenters. The summed E-state index contributed by atoms with van der Waals surface area (Å²) in [4.78, 5) is 0. The van der Waals surface area contributed by atoms with Crippen LogP contribution in [0.25, 0.3) is 0 Å². The van der Waals surface area contributed by atoms with Gasteiger partial charge in [-0.05, 0) is 51.8 Å². The zero-order chi connectivity index (χ0) is 13.6. The molecule has 0 radical (unpaired) electrons. The van der Waals surface area contributed by atoms with E-state index in [0.29, 0.717) is 0 Å². The van der Waals surface area contributed by atoms with E-state index in [9.17, 15) is 0 Å². The third-order valence-electron chi connectivity index (χ3n) is 3.91. The fourth-order valence-corrected chi connectivity index (χ4v) is 2.72. The van der Waals surface area contributed by atoms with Crippen LogP contribution in [0.4, 0.5) is 0 Å². The number of hydrogen-bond donors (Lipinski definition) is 0. The van der Waals surface area contributed by atoms with E-state index in [4.69, 9.17) is 9.31 Å². The first-order valence-electron chi connectivity index (χ1n) is 6.36. The van der Waals surface area contributed by atoms with Gasteiger partial charge in [0.2, 0.25) is 0 Å². The first-order chi connectivity index (χ1) is 8.23. The SMILES string of the molecule is CP(C)c1cccc(B2OC(C)(C)C(C)(C)O2)c1.